The minimum Gasteiger partial charge on any atom is -0.370 e. The van der Waals surface area contributed by atoms with Crippen LogP contribution in [0.1, 0.15) is 91.4 Å². The van der Waals surface area contributed by atoms with Crippen molar-refractivity contribution in [2.45, 2.75) is 97.4 Å². The van der Waals surface area contributed by atoms with E-state index in [9.17, 15) is 9.59 Å². The molecule has 6 nitrogen and oxygen atoms in total. The molecule has 1 heterocycles. The lowest BCUT2D eigenvalue weighted by atomic mass is 9.83. The summed E-state index contributed by atoms with van der Waals surface area (Å²) in [4.78, 5) is 32.2. The van der Waals surface area contributed by atoms with Crippen molar-refractivity contribution in [1.82, 2.24) is 10.2 Å². The molecule has 0 bridgehead atoms. The van der Waals surface area contributed by atoms with E-state index in [0.717, 1.165) is 45.3 Å². The molecule has 2 aliphatic rings. The van der Waals surface area contributed by atoms with Crippen LogP contribution in [0.3, 0.4) is 0 Å². The average Bonchev–Trinajstić information content (AvgIpc) is 2.72. The van der Waals surface area contributed by atoms with Gasteiger partial charge in [-0.05, 0) is 63.1 Å². The van der Waals surface area contributed by atoms with Crippen LogP contribution in [0, 0.1) is 17.8 Å². The van der Waals surface area contributed by atoms with Crippen LogP contribution in [0.4, 0.5) is 0 Å². The van der Waals surface area contributed by atoms with E-state index in [4.69, 9.17) is 5.73 Å². The summed E-state index contributed by atoms with van der Waals surface area (Å²) in [5.74, 6) is 1.65. The van der Waals surface area contributed by atoms with E-state index in [0.29, 0.717) is 30.6 Å². The van der Waals surface area contributed by atoms with Gasteiger partial charge < -0.3 is 10.6 Å². The van der Waals surface area contributed by atoms with Crippen molar-refractivity contribution in [2.24, 2.45) is 28.5 Å². The maximum atomic E-state index is 12.8. The van der Waals surface area contributed by atoms with Gasteiger partial charge in [-0.2, -0.15) is 0 Å². The predicted molar refractivity (Wildman–Crippen MR) is 123 cm³/mol. The zero-order valence-electron chi connectivity index (χ0n) is 19.5. The second-order valence-corrected chi connectivity index (χ2v) is 9.80. The molecule has 0 aromatic carbocycles. The molecule has 6 heteroatoms. The number of aliphatic imine (C=N–C) groups is 1. The third-order valence-electron chi connectivity index (χ3n) is 6.81. The van der Waals surface area contributed by atoms with Crippen LogP contribution in [0.2, 0.25) is 0 Å². The van der Waals surface area contributed by atoms with Gasteiger partial charge in [0.15, 0.2) is 11.7 Å². The molecular formula is C24H44N4O2. The Morgan fingerprint density at radius 3 is 2.33 bits per heavy atom. The number of guanidine groups is 1. The molecule has 2 rings (SSSR count). The second kappa shape index (κ2) is 13.1. The average molecular weight is 421 g/mol. The Morgan fingerprint density at radius 2 is 1.73 bits per heavy atom. The molecule has 0 radical (unpaired) electrons. The third-order valence-corrected chi connectivity index (χ3v) is 6.81. The van der Waals surface area contributed by atoms with Gasteiger partial charge in [-0.1, -0.05) is 52.9 Å². The number of likely N-dealkylation sites (tertiary alicyclic amines) is 1. The Balaban J connectivity index is 1.89. The molecule has 0 spiro atoms. The summed E-state index contributed by atoms with van der Waals surface area (Å²) in [6.45, 7) is 9.64. The van der Waals surface area contributed by atoms with Crippen LogP contribution in [-0.2, 0) is 9.59 Å². The topological polar surface area (TPSA) is 87.8 Å². The van der Waals surface area contributed by atoms with Crippen molar-refractivity contribution in [1.29, 1.82) is 0 Å². The molecule has 30 heavy (non-hydrogen) atoms. The van der Waals surface area contributed by atoms with Gasteiger partial charge in [-0.3, -0.25) is 14.9 Å². The fourth-order valence-corrected chi connectivity index (χ4v) is 4.76. The lowest BCUT2D eigenvalue weighted by molar-refractivity contribution is -0.122. The summed E-state index contributed by atoms with van der Waals surface area (Å²) in [7, 11) is 0. The molecule has 1 saturated heterocycles. The van der Waals surface area contributed by atoms with Gasteiger partial charge in [-0.25, -0.2) is 4.99 Å². The smallest absolute Gasteiger partial charge is 0.226 e. The zero-order chi connectivity index (χ0) is 21.9. The first-order valence-electron chi connectivity index (χ1n) is 12.3. The molecule has 1 atom stereocenters. The second-order valence-electron chi connectivity index (χ2n) is 9.80. The number of nitrogens with two attached hydrogens (primary N) is 1. The Morgan fingerprint density at radius 1 is 1.07 bits per heavy atom. The molecule has 0 aromatic rings. The minimum atomic E-state index is -0.417. The van der Waals surface area contributed by atoms with Crippen molar-refractivity contribution >= 4 is 17.6 Å². The molecule has 2 fully saturated rings. The minimum absolute atomic E-state index is 0.0720. The molecule has 3 N–H and O–H groups in total. The fraction of sp³-hybridized carbons (Fsp3) is 0.875. The highest BCUT2D eigenvalue weighted by Crippen LogP contribution is 2.29. The highest BCUT2D eigenvalue weighted by molar-refractivity contribution is 5.97. The molecular weight excluding hydrogens is 376 g/mol. The maximum Gasteiger partial charge on any atom is 0.226 e. The van der Waals surface area contributed by atoms with E-state index < -0.39 is 6.04 Å². The quantitative estimate of drug-likeness (QED) is 0.415. The van der Waals surface area contributed by atoms with Gasteiger partial charge in [-0.15, -0.1) is 0 Å². The van der Waals surface area contributed by atoms with Gasteiger partial charge in [0.05, 0.1) is 0 Å². The van der Waals surface area contributed by atoms with Crippen molar-refractivity contribution in [2.75, 3.05) is 19.6 Å². The molecule has 1 aliphatic heterocycles. The Kier molecular flexibility index (Phi) is 10.8. The van der Waals surface area contributed by atoms with E-state index in [1.54, 1.807) is 0 Å². The number of amides is 1. The molecule has 1 saturated carbocycles. The third kappa shape index (κ3) is 9.15. The molecule has 1 aliphatic carbocycles. The highest BCUT2D eigenvalue weighted by atomic mass is 16.2. The standard InChI is InChI=1S/C24H44N4O2/c1-4-28-14-12-20(13-15-28)17-23(30)27-24(25)26-21(22(29)11-10-18(2)3)16-19-8-6-5-7-9-19/h18-21H,4-17H2,1-3H3,(H3,25,26,27,30)/t21-/m1/s1. The lowest BCUT2D eigenvalue weighted by Gasteiger charge is -2.30. The van der Waals surface area contributed by atoms with Crippen molar-refractivity contribution in [3.8, 4) is 0 Å². The van der Waals surface area contributed by atoms with Crippen LogP contribution in [0.25, 0.3) is 0 Å². The molecule has 0 aromatic heterocycles. The van der Waals surface area contributed by atoms with E-state index >= 15 is 0 Å². The number of nitrogens with zero attached hydrogens (tertiary/aromatic N) is 2. The number of hydrogen-bond donors (Lipinski definition) is 2. The number of ketones is 1. The van der Waals surface area contributed by atoms with Crippen molar-refractivity contribution in [3.05, 3.63) is 0 Å². The number of hydrogen-bond acceptors (Lipinski definition) is 4. The van der Waals surface area contributed by atoms with Gasteiger partial charge >= 0.3 is 0 Å². The monoisotopic (exact) mass is 420 g/mol. The first kappa shape index (κ1) is 24.8. The van der Waals surface area contributed by atoms with E-state index in [1.807, 2.05) is 0 Å². The number of carbonyl (C=O) groups excluding carboxylic acids is 2. The van der Waals surface area contributed by atoms with Crippen LogP contribution in [0.5, 0.6) is 0 Å². The summed E-state index contributed by atoms with van der Waals surface area (Å²) in [5, 5.41) is 2.76. The van der Waals surface area contributed by atoms with Crippen LogP contribution >= 0.6 is 0 Å². The summed E-state index contributed by atoms with van der Waals surface area (Å²) in [5.41, 5.74) is 6.08. The first-order valence-corrected chi connectivity index (χ1v) is 12.3. The van der Waals surface area contributed by atoms with Gasteiger partial charge in [0.25, 0.3) is 0 Å². The first-order chi connectivity index (χ1) is 14.4. The zero-order valence-corrected chi connectivity index (χ0v) is 19.5. The largest absolute Gasteiger partial charge is 0.370 e. The van der Waals surface area contributed by atoms with Gasteiger partial charge in [0, 0.05) is 12.8 Å². The molecule has 1 amide bonds. The number of Topliss-reactive ketones (excluding diaryl/α,β-unsaturated/α-hetero) is 1. The van der Waals surface area contributed by atoms with Crippen LogP contribution in [-0.4, -0.2) is 48.2 Å². The maximum absolute atomic E-state index is 12.8. The summed E-state index contributed by atoms with van der Waals surface area (Å²) >= 11 is 0. The number of piperidine rings is 1. The fourth-order valence-electron chi connectivity index (χ4n) is 4.76. The Bertz CT molecular complexity index is 562. The van der Waals surface area contributed by atoms with Gasteiger partial charge in [0.2, 0.25) is 5.91 Å². The van der Waals surface area contributed by atoms with Crippen LogP contribution < -0.4 is 11.1 Å². The van der Waals surface area contributed by atoms with Crippen molar-refractivity contribution < 1.29 is 9.59 Å². The molecule has 0 unspecified atom stereocenters. The Labute approximate surface area is 183 Å². The summed E-state index contributed by atoms with van der Waals surface area (Å²) in [6.07, 6.45) is 10.9. The summed E-state index contributed by atoms with van der Waals surface area (Å²) in [6, 6.07) is -0.417. The highest BCUT2D eigenvalue weighted by Gasteiger charge is 2.25. The van der Waals surface area contributed by atoms with E-state index in [-0.39, 0.29) is 17.6 Å². The SMILES string of the molecule is CCN1CCC(CC(=O)NC(N)=N[C@H](CC2CCCCC2)C(=O)CCC(C)C)CC1. The lowest BCUT2D eigenvalue weighted by Crippen LogP contribution is -2.41. The van der Waals surface area contributed by atoms with Gasteiger partial charge in [0.1, 0.15) is 6.04 Å². The normalized spacial score (nSPS) is 21.0. The number of rotatable bonds is 10. The predicted octanol–water partition coefficient (Wildman–Crippen LogP) is 3.88. The molecule has 172 valence electrons. The number of nitrogens with one attached hydrogen (secondary N) is 1. The number of carbonyl (C=O) groups is 2. The van der Waals surface area contributed by atoms with E-state index in [2.05, 4.69) is 36.0 Å². The van der Waals surface area contributed by atoms with Crippen molar-refractivity contribution in [3.63, 3.8) is 0 Å². The summed E-state index contributed by atoms with van der Waals surface area (Å²) < 4.78 is 0. The van der Waals surface area contributed by atoms with Crippen LogP contribution in [0.15, 0.2) is 4.99 Å². The van der Waals surface area contributed by atoms with E-state index in [1.165, 1.54) is 32.1 Å². The Hall–Kier alpha value is -1.43.